The molecule has 1 saturated heterocycles. The third-order valence-corrected chi connectivity index (χ3v) is 3.25. The quantitative estimate of drug-likeness (QED) is 0.648. The lowest BCUT2D eigenvalue weighted by molar-refractivity contribution is -0.383. The van der Waals surface area contributed by atoms with Crippen LogP contribution in [0.15, 0.2) is 6.33 Å². The summed E-state index contributed by atoms with van der Waals surface area (Å²) < 4.78 is 0. The molecule has 1 aliphatic heterocycles. The van der Waals surface area contributed by atoms with Crippen molar-refractivity contribution < 1.29 is 4.92 Å². The van der Waals surface area contributed by atoms with E-state index in [0.29, 0.717) is 24.1 Å². The minimum atomic E-state index is -0.393. The van der Waals surface area contributed by atoms with Crippen LogP contribution in [0.25, 0.3) is 0 Å². The van der Waals surface area contributed by atoms with Gasteiger partial charge in [0.05, 0.1) is 4.92 Å². The zero-order chi connectivity index (χ0) is 13.8. The highest BCUT2D eigenvalue weighted by molar-refractivity contribution is 5.70. The van der Waals surface area contributed by atoms with Crippen LogP contribution in [0, 0.1) is 16.0 Å². The lowest BCUT2D eigenvalue weighted by Crippen LogP contribution is -2.22. The van der Waals surface area contributed by atoms with E-state index in [4.69, 9.17) is 0 Å². The molecule has 1 aliphatic rings. The standard InChI is InChI=1S/C12H19N5O2/c1-3-5-13-11-10(17(18)19)12(15-8-14-11)16-6-4-9(2)7-16/h8-9H,3-7H2,1-2H3,(H,13,14,15). The van der Waals surface area contributed by atoms with Crippen molar-refractivity contribution >= 4 is 17.3 Å². The number of anilines is 2. The van der Waals surface area contributed by atoms with Crippen LogP contribution in [0.2, 0.25) is 0 Å². The summed E-state index contributed by atoms with van der Waals surface area (Å²) in [6.45, 7) is 6.43. The normalized spacial score (nSPS) is 18.6. The van der Waals surface area contributed by atoms with E-state index >= 15 is 0 Å². The van der Waals surface area contributed by atoms with Crippen molar-refractivity contribution in [1.82, 2.24) is 9.97 Å². The summed E-state index contributed by atoms with van der Waals surface area (Å²) in [5, 5.41) is 14.3. The van der Waals surface area contributed by atoms with Gasteiger partial charge in [-0.1, -0.05) is 13.8 Å². The molecular weight excluding hydrogens is 246 g/mol. The van der Waals surface area contributed by atoms with Crippen molar-refractivity contribution in [3.05, 3.63) is 16.4 Å². The smallest absolute Gasteiger partial charge is 0.353 e. The average Bonchev–Trinajstić information content (AvgIpc) is 2.82. The number of rotatable bonds is 5. The van der Waals surface area contributed by atoms with Crippen molar-refractivity contribution in [2.75, 3.05) is 29.9 Å². The van der Waals surface area contributed by atoms with E-state index in [-0.39, 0.29) is 5.69 Å². The molecule has 104 valence electrons. The van der Waals surface area contributed by atoms with Crippen LogP contribution in [0.4, 0.5) is 17.3 Å². The predicted molar refractivity (Wildman–Crippen MR) is 73.5 cm³/mol. The maximum atomic E-state index is 11.3. The third kappa shape index (κ3) is 2.91. The van der Waals surface area contributed by atoms with Crippen LogP contribution in [0.5, 0.6) is 0 Å². The summed E-state index contributed by atoms with van der Waals surface area (Å²) in [6.07, 6.45) is 3.32. The molecule has 7 nitrogen and oxygen atoms in total. The third-order valence-electron chi connectivity index (χ3n) is 3.25. The number of nitrogens with zero attached hydrogens (tertiary/aromatic N) is 4. The molecule has 1 aromatic rings. The predicted octanol–water partition coefficient (Wildman–Crippen LogP) is 2.05. The first-order valence-corrected chi connectivity index (χ1v) is 6.61. The summed E-state index contributed by atoms with van der Waals surface area (Å²) in [4.78, 5) is 21.0. The SMILES string of the molecule is CCCNc1ncnc(N2CCC(C)C2)c1[N+](=O)[O-]. The minimum absolute atomic E-state index is 0.00921. The maximum absolute atomic E-state index is 11.3. The molecule has 2 heterocycles. The largest absolute Gasteiger partial charge is 0.364 e. The maximum Gasteiger partial charge on any atom is 0.353 e. The van der Waals surface area contributed by atoms with Gasteiger partial charge in [0, 0.05) is 19.6 Å². The van der Waals surface area contributed by atoms with Crippen LogP contribution in [-0.2, 0) is 0 Å². The highest BCUT2D eigenvalue weighted by atomic mass is 16.6. The lowest BCUT2D eigenvalue weighted by Gasteiger charge is -2.17. The van der Waals surface area contributed by atoms with E-state index in [1.807, 2.05) is 11.8 Å². The Hall–Kier alpha value is -1.92. The van der Waals surface area contributed by atoms with Gasteiger partial charge in [-0.3, -0.25) is 10.1 Å². The molecule has 19 heavy (non-hydrogen) atoms. The van der Waals surface area contributed by atoms with Gasteiger partial charge in [0.15, 0.2) is 0 Å². The molecule has 0 saturated carbocycles. The second-order valence-corrected chi connectivity index (χ2v) is 4.92. The average molecular weight is 265 g/mol. The Morgan fingerprint density at radius 1 is 1.58 bits per heavy atom. The molecule has 0 amide bonds. The van der Waals surface area contributed by atoms with Crippen molar-refractivity contribution in [3.63, 3.8) is 0 Å². The Bertz CT molecular complexity index is 465. The Kier molecular flexibility index (Phi) is 4.13. The van der Waals surface area contributed by atoms with Crippen LogP contribution in [-0.4, -0.2) is 34.5 Å². The van der Waals surface area contributed by atoms with Crippen molar-refractivity contribution in [1.29, 1.82) is 0 Å². The Balaban J connectivity index is 2.34. The molecule has 0 aliphatic carbocycles. The zero-order valence-electron chi connectivity index (χ0n) is 11.3. The Labute approximate surface area is 112 Å². The molecule has 0 radical (unpaired) electrons. The molecule has 7 heteroatoms. The van der Waals surface area contributed by atoms with Crippen LogP contribution < -0.4 is 10.2 Å². The van der Waals surface area contributed by atoms with Gasteiger partial charge in [0.1, 0.15) is 6.33 Å². The first kappa shape index (κ1) is 13.5. The molecule has 0 spiro atoms. The number of hydrogen-bond donors (Lipinski definition) is 1. The van der Waals surface area contributed by atoms with Gasteiger partial charge in [-0.15, -0.1) is 0 Å². The highest BCUT2D eigenvalue weighted by Crippen LogP contribution is 2.34. The van der Waals surface area contributed by atoms with Crippen LogP contribution >= 0.6 is 0 Å². The molecule has 0 aromatic carbocycles. The zero-order valence-corrected chi connectivity index (χ0v) is 11.3. The summed E-state index contributed by atoms with van der Waals surface area (Å²) in [5.74, 6) is 1.29. The van der Waals surface area contributed by atoms with Crippen LogP contribution in [0.3, 0.4) is 0 Å². The number of nitro groups is 1. The minimum Gasteiger partial charge on any atom is -0.364 e. The van der Waals surface area contributed by atoms with Crippen molar-refractivity contribution in [2.24, 2.45) is 5.92 Å². The van der Waals surface area contributed by atoms with Crippen molar-refractivity contribution in [2.45, 2.75) is 26.7 Å². The first-order chi connectivity index (χ1) is 9.13. The molecule has 1 aromatic heterocycles. The first-order valence-electron chi connectivity index (χ1n) is 6.61. The second kappa shape index (κ2) is 5.81. The Morgan fingerprint density at radius 2 is 2.37 bits per heavy atom. The van der Waals surface area contributed by atoms with E-state index in [1.54, 1.807) is 0 Å². The van der Waals surface area contributed by atoms with Gasteiger partial charge in [-0.05, 0) is 18.8 Å². The van der Waals surface area contributed by atoms with E-state index in [2.05, 4.69) is 22.2 Å². The molecular formula is C12H19N5O2. The van der Waals surface area contributed by atoms with Gasteiger partial charge in [0.25, 0.3) is 0 Å². The molecule has 1 atom stereocenters. The molecule has 1 fully saturated rings. The van der Waals surface area contributed by atoms with E-state index in [1.165, 1.54) is 6.33 Å². The fraction of sp³-hybridized carbons (Fsp3) is 0.667. The summed E-state index contributed by atoms with van der Waals surface area (Å²) in [7, 11) is 0. The Morgan fingerprint density at radius 3 is 2.95 bits per heavy atom. The highest BCUT2D eigenvalue weighted by Gasteiger charge is 2.30. The number of hydrogen-bond acceptors (Lipinski definition) is 6. The van der Waals surface area contributed by atoms with Gasteiger partial charge < -0.3 is 10.2 Å². The number of aromatic nitrogens is 2. The summed E-state index contributed by atoms with van der Waals surface area (Å²) in [5.41, 5.74) is -0.00921. The lowest BCUT2D eigenvalue weighted by atomic mass is 10.2. The molecule has 1 N–H and O–H groups in total. The molecule has 2 rings (SSSR count). The van der Waals surface area contributed by atoms with E-state index in [9.17, 15) is 10.1 Å². The monoisotopic (exact) mass is 265 g/mol. The van der Waals surface area contributed by atoms with Gasteiger partial charge in [0.2, 0.25) is 11.6 Å². The summed E-state index contributed by atoms with van der Waals surface area (Å²) in [6, 6.07) is 0. The summed E-state index contributed by atoms with van der Waals surface area (Å²) >= 11 is 0. The fourth-order valence-electron chi connectivity index (χ4n) is 2.27. The molecule has 1 unspecified atom stereocenters. The van der Waals surface area contributed by atoms with Gasteiger partial charge >= 0.3 is 5.69 Å². The van der Waals surface area contributed by atoms with E-state index in [0.717, 1.165) is 25.9 Å². The fourth-order valence-corrected chi connectivity index (χ4v) is 2.27. The van der Waals surface area contributed by atoms with Crippen LogP contribution in [0.1, 0.15) is 26.7 Å². The van der Waals surface area contributed by atoms with Gasteiger partial charge in [-0.2, -0.15) is 0 Å². The van der Waals surface area contributed by atoms with E-state index < -0.39 is 4.92 Å². The number of nitrogens with one attached hydrogen (secondary N) is 1. The molecule has 0 bridgehead atoms. The van der Waals surface area contributed by atoms with Gasteiger partial charge in [-0.25, -0.2) is 9.97 Å². The topological polar surface area (TPSA) is 84.2 Å². The second-order valence-electron chi connectivity index (χ2n) is 4.92. The van der Waals surface area contributed by atoms with Crippen molar-refractivity contribution in [3.8, 4) is 0 Å².